The molecule has 1 saturated carbocycles. The maximum atomic E-state index is 2.81. The highest BCUT2D eigenvalue weighted by atomic mass is 15.3. The summed E-state index contributed by atoms with van der Waals surface area (Å²) in [6, 6.07) is 65.0. The highest BCUT2D eigenvalue weighted by molar-refractivity contribution is 7.00. The Hall–Kier alpha value is -6.78. The minimum absolute atomic E-state index is 0.000455. The van der Waals surface area contributed by atoms with E-state index in [4.69, 9.17) is 0 Å². The van der Waals surface area contributed by atoms with E-state index in [-0.39, 0.29) is 44.7 Å². The van der Waals surface area contributed by atoms with Gasteiger partial charge in [-0.25, -0.2) is 0 Å². The number of rotatable bonds is 5. The van der Waals surface area contributed by atoms with Gasteiger partial charge in [0.25, 0.3) is 6.71 Å². The largest absolute Gasteiger partial charge is 0.334 e. The molecule has 0 aromatic heterocycles. The SMILES string of the molecule is CC(C)(C)c1ccc(N2c3cc(N4c5ccccc5C5(C)CCCCCC45C)ccc3B3c4cc5c(cc4N(c4ccc(C(C)(C)C)cc4-c4ccccc4)c4cc(C(C)(C)C)cc2c43)C(C)(C)CCC5(C)C)c(-c2ccccc2)c1. The van der Waals surface area contributed by atoms with Gasteiger partial charge >= 0.3 is 0 Å². The first-order valence-electron chi connectivity index (χ1n) is 30.7. The third-order valence-electron chi connectivity index (χ3n) is 20.8. The van der Waals surface area contributed by atoms with E-state index in [9.17, 15) is 0 Å². The van der Waals surface area contributed by atoms with Crippen LogP contribution in [0.2, 0.25) is 0 Å². The van der Waals surface area contributed by atoms with Gasteiger partial charge in [-0.15, -0.1) is 0 Å². The van der Waals surface area contributed by atoms with Gasteiger partial charge < -0.3 is 14.7 Å². The smallest absolute Gasteiger partial charge is 0.252 e. The molecular formula is C77H86BN3. The van der Waals surface area contributed by atoms with Crippen LogP contribution < -0.4 is 31.1 Å². The number of benzene rings is 8. The topological polar surface area (TPSA) is 9.72 Å². The Morgan fingerprint density at radius 3 is 1.41 bits per heavy atom. The van der Waals surface area contributed by atoms with Crippen LogP contribution in [-0.2, 0) is 32.5 Å². The molecule has 2 atom stereocenters. The van der Waals surface area contributed by atoms with Crippen LogP contribution in [0, 0.1) is 0 Å². The van der Waals surface area contributed by atoms with Crippen molar-refractivity contribution in [2.24, 2.45) is 0 Å². The second-order valence-corrected chi connectivity index (χ2v) is 30.0. The summed E-state index contributed by atoms with van der Waals surface area (Å²) in [6.07, 6.45) is 8.42. The molecule has 3 heterocycles. The van der Waals surface area contributed by atoms with Crippen LogP contribution in [0.5, 0.6) is 0 Å². The fraction of sp³-hybridized carbons (Fsp3) is 0.377. The predicted octanol–water partition coefficient (Wildman–Crippen LogP) is 19.5. The van der Waals surface area contributed by atoms with Crippen molar-refractivity contribution >= 4 is 68.6 Å². The summed E-state index contributed by atoms with van der Waals surface area (Å²) in [5.74, 6) is 0. The van der Waals surface area contributed by atoms with Gasteiger partial charge in [-0.2, -0.15) is 0 Å². The number of hydrogen-bond donors (Lipinski definition) is 0. The van der Waals surface area contributed by atoms with Crippen molar-refractivity contribution in [2.45, 2.75) is 187 Å². The second kappa shape index (κ2) is 18.4. The fourth-order valence-electron chi connectivity index (χ4n) is 15.5. The molecule has 0 spiro atoms. The van der Waals surface area contributed by atoms with E-state index >= 15 is 0 Å². The van der Waals surface area contributed by atoms with Crippen molar-refractivity contribution in [3.63, 3.8) is 0 Å². The summed E-state index contributed by atoms with van der Waals surface area (Å²) < 4.78 is 0. The Morgan fingerprint density at radius 2 is 0.864 bits per heavy atom. The molecule has 8 aromatic carbocycles. The van der Waals surface area contributed by atoms with E-state index < -0.39 is 0 Å². The Kier molecular flexibility index (Phi) is 12.1. The number of para-hydroxylation sites is 1. The van der Waals surface area contributed by atoms with Crippen molar-refractivity contribution in [1.29, 1.82) is 0 Å². The Balaban J connectivity index is 1.18. The Labute approximate surface area is 486 Å². The Morgan fingerprint density at radius 1 is 0.370 bits per heavy atom. The monoisotopic (exact) mass is 1060 g/mol. The molecule has 2 unspecified atom stereocenters. The van der Waals surface area contributed by atoms with Crippen LogP contribution in [0.3, 0.4) is 0 Å². The lowest BCUT2D eigenvalue weighted by atomic mass is 9.33. The lowest BCUT2D eigenvalue weighted by Crippen LogP contribution is -2.62. The fourth-order valence-corrected chi connectivity index (χ4v) is 15.5. The maximum absolute atomic E-state index is 2.81. The van der Waals surface area contributed by atoms with Gasteiger partial charge in [0.15, 0.2) is 0 Å². The second-order valence-electron chi connectivity index (χ2n) is 30.0. The van der Waals surface area contributed by atoms with E-state index in [0.717, 1.165) is 19.3 Å². The highest BCUT2D eigenvalue weighted by Crippen LogP contribution is 2.61. The summed E-state index contributed by atoms with van der Waals surface area (Å²) in [5, 5.41) is 0. The van der Waals surface area contributed by atoms with Crippen molar-refractivity contribution in [3.05, 3.63) is 197 Å². The van der Waals surface area contributed by atoms with Crippen LogP contribution in [0.4, 0.5) is 45.5 Å². The van der Waals surface area contributed by atoms with E-state index in [1.165, 1.54) is 143 Å². The molecule has 0 radical (unpaired) electrons. The molecule has 412 valence electrons. The van der Waals surface area contributed by atoms with Gasteiger partial charge in [-0.05, 0) is 181 Å². The van der Waals surface area contributed by atoms with Crippen molar-refractivity contribution in [2.75, 3.05) is 14.7 Å². The molecule has 5 aliphatic rings. The van der Waals surface area contributed by atoms with Crippen molar-refractivity contribution in [3.8, 4) is 22.3 Å². The molecule has 0 amide bonds. The van der Waals surface area contributed by atoms with Crippen LogP contribution in [-0.4, -0.2) is 12.3 Å². The molecule has 2 aliphatic carbocycles. The zero-order chi connectivity index (χ0) is 57.0. The third-order valence-corrected chi connectivity index (χ3v) is 20.8. The molecule has 13 rings (SSSR count). The average molecular weight is 1060 g/mol. The summed E-state index contributed by atoms with van der Waals surface area (Å²) in [6.45, 7) is 36.5. The summed E-state index contributed by atoms with van der Waals surface area (Å²) in [7, 11) is 0. The third kappa shape index (κ3) is 8.33. The van der Waals surface area contributed by atoms with E-state index in [2.05, 4.69) is 282 Å². The Bertz CT molecular complexity index is 3810. The zero-order valence-electron chi connectivity index (χ0n) is 51.5. The normalized spacial score (nSPS) is 20.6. The van der Waals surface area contributed by atoms with Crippen LogP contribution in [0.25, 0.3) is 22.3 Å². The molecule has 0 saturated heterocycles. The van der Waals surface area contributed by atoms with E-state index in [1.807, 2.05) is 0 Å². The summed E-state index contributed by atoms with van der Waals surface area (Å²) in [5.41, 5.74) is 27.3. The lowest BCUT2D eigenvalue weighted by molar-refractivity contribution is 0.261. The van der Waals surface area contributed by atoms with E-state index in [0.29, 0.717) is 0 Å². The summed E-state index contributed by atoms with van der Waals surface area (Å²) >= 11 is 0. The van der Waals surface area contributed by atoms with Crippen LogP contribution in [0.15, 0.2) is 164 Å². The van der Waals surface area contributed by atoms with Gasteiger partial charge in [0.05, 0.1) is 16.9 Å². The number of anilines is 8. The first-order valence-corrected chi connectivity index (χ1v) is 30.7. The number of fused-ring (bicyclic) bond motifs is 8. The maximum Gasteiger partial charge on any atom is 0.252 e. The first kappa shape index (κ1) is 53.5. The number of nitrogens with zero attached hydrogens (tertiary/aromatic N) is 3. The zero-order valence-corrected chi connectivity index (χ0v) is 51.5. The molecule has 4 heteroatoms. The van der Waals surface area contributed by atoms with Gasteiger partial charge in [-0.3, -0.25) is 0 Å². The number of hydrogen-bond acceptors (Lipinski definition) is 3. The summed E-state index contributed by atoms with van der Waals surface area (Å²) in [4.78, 5) is 8.29. The van der Waals surface area contributed by atoms with Crippen LogP contribution in [0.1, 0.15) is 182 Å². The quantitative estimate of drug-likeness (QED) is 0.159. The van der Waals surface area contributed by atoms with Gasteiger partial charge in [0.1, 0.15) is 0 Å². The minimum atomic E-state index is -0.183. The molecular weight excluding hydrogens is 978 g/mol. The van der Waals surface area contributed by atoms with E-state index in [1.54, 1.807) is 0 Å². The first-order chi connectivity index (χ1) is 38.3. The van der Waals surface area contributed by atoms with Gasteiger partial charge in [0.2, 0.25) is 0 Å². The van der Waals surface area contributed by atoms with Crippen LogP contribution >= 0.6 is 0 Å². The molecule has 8 aromatic rings. The molecule has 0 bridgehead atoms. The molecule has 1 fully saturated rings. The highest BCUT2D eigenvalue weighted by Gasteiger charge is 2.57. The molecule has 3 nitrogen and oxygen atoms in total. The molecule has 3 aliphatic heterocycles. The van der Waals surface area contributed by atoms with Crippen molar-refractivity contribution in [1.82, 2.24) is 0 Å². The lowest BCUT2D eigenvalue weighted by Gasteiger charge is -2.49. The van der Waals surface area contributed by atoms with Gasteiger partial charge in [-0.1, -0.05) is 219 Å². The predicted molar refractivity (Wildman–Crippen MR) is 350 cm³/mol. The van der Waals surface area contributed by atoms with Crippen molar-refractivity contribution < 1.29 is 0 Å². The molecule has 0 N–H and O–H groups in total. The van der Waals surface area contributed by atoms with Gasteiger partial charge in [0, 0.05) is 50.7 Å². The standard InChI is InChI=1S/C77H86BN3/c1-71(2,3)52-33-37-63(56(43-52)50-27-19-16-20-28-50)79-66-47-55(81-65-32-24-23-31-58(65)76(14)39-25-18-26-40-77(76,81)15)35-36-61(66)78-62-48-59-60(75(12,13)42-41-74(59,10)11)49-67(62)80(69-46-54(73(7,8)9)45-68(79)70(69)78)64-38-34-53(72(4,5)6)44-57(64)51-29-21-17-22-30-51/h16-17,19-24,27-38,43-49H,18,25-26,39-42H2,1-15H3. The average Bonchev–Trinajstić information content (AvgIpc) is 3.80. The minimum Gasteiger partial charge on any atom is -0.334 e. The molecule has 81 heavy (non-hydrogen) atoms.